The zero-order chi connectivity index (χ0) is 19.5. The van der Waals surface area contributed by atoms with E-state index in [9.17, 15) is 9.59 Å². The van der Waals surface area contributed by atoms with E-state index in [-0.39, 0.29) is 35.9 Å². The first-order valence-electron chi connectivity index (χ1n) is 9.63. The van der Waals surface area contributed by atoms with Gasteiger partial charge in [-0.2, -0.15) is 0 Å². The SMILES string of the molecule is CNC(=O)CCC[C@@H](C)C[C@H](OC(=O)[C@H](C)CCCCO)C(C)(C)C. The number of ether oxygens (including phenoxy) is 1. The van der Waals surface area contributed by atoms with Crippen LogP contribution in [-0.4, -0.2) is 36.7 Å². The maximum Gasteiger partial charge on any atom is 0.308 e. The van der Waals surface area contributed by atoms with Crippen molar-refractivity contribution in [2.24, 2.45) is 17.3 Å². The Morgan fingerprint density at radius 2 is 1.72 bits per heavy atom. The van der Waals surface area contributed by atoms with Crippen LogP contribution in [0.15, 0.2) is 0 Å². The molecular formula is C20H39NO4. The molecule has 0 fully saturated rings. The molecule has 5 heteroatoms. The molecule has 0 aromatic rings. The first-order chi connectivity index (χ1) is 11.6. The van der Waals surface area contributed by atoms with E-state index < -0.39 is 0 Å². The highest BCUT2D eigenvalue weighted by Crippen LogP contribution is 2.30. The average molecular weight is 358 g/mol. The average Bonchev–Trinajstić information content (AvgIpc) is 2.53. The standard InChI is InChI=1S/C20H39NO4/c1-15(10-9-12-18(23)21-6)14-17(20(3,4)5)25-19(24)16(2)11-7-8-13-22/h15-17,22H,7-14H2,1-6H3,(H,21,23)/t15-,16-,17+/m1/s1. The summed E-state index contributed by atoms with van der Waals surface area (Å²) in [6.45, 7) is 10.5. The van der Waals surface area contributed by atoms with Gasteiger partial charge in [-0.25, -0.2) is 0 Å². The Morgan fingerprint density at radius 3 is 2.24 bits per heavy atom. The van der Waals surface area contributed by atoms with Crippen LogP contribution in [0.25, 0.3) is 0 Å². The molecule has 0 rings (SSSR count). The normalized spacial score (nSPS) is 15.3. The molecule has 0 aliphatic rings. The fraction of sp³-hybridized carbons (Fsp3) is 0.900. The van der Waals surface area contributed by atoms with Gasteiger partial charge >= 0.3 is 5.97 Å². The minimum absolute atomic E-state index is 0.0719. The predicted molar refractivity (Wildman–Crippen MR) is 101 cm³/mol. The van der Waals surface area contributed by atoms with Crippen LogP contribution in [0.2, 0.25) is 0 Å². The Morgan fingerprint density at radius 1 is 1.08 bits per heavy atom. The zero-order valence-corrected chi connectivity index (χ0v) is 17.1. The summed E-state index contributed by atoms with van der Waals surface area (Å²) in [6, 6.07) is 0. The summed E-state index contributed by atoms with van der Waals surface area (Å²) in [5.74, 6) is 0.185. The van der Waals surface area contributed by atoms with Crippen molar-refractivity contribution >= 4 is 11.9 Å². The number of rotatable bonds is 12. The van der Waals surface area contributed by atoms with E-state index in [2.05, 4.69) is 33.0 Å². The third-order valence-corrected chi connectivity index (χ3v) is 4.67. The van der Waals surface area contributed by atoms with Crippen molar-refractivity contribution in [1.29, 1.82) is 0 Å². The summed E-state index contributed by atoms with van der Waals surface area (Å²) in [5.41, 5.74) is -0.116. The number of hydrogen-bond acceptors (Lipinski definition) is 4. The topological polar surface area (TPSA) is 75.6 Å². The lowest BCUT2D eigenvalue weighted by Crippen LogP contribution is -2.35. The molecule has 0 radical (unpaired) electrons. The van der Waals surface area contributed by atoms with Gasteiger partial charge in [-0.3, -0.25) is 9.59 Å². The number of nitrogens with one attached hydrogen (secondary N) is 1. The maximum absolute atomic E-state index is 12.4. The molecule has 3 atom stereocenters. The number of carbonyl (C=O) groups excluding carboxylic acids is 2. The van der Waals surface area contributed by atoms with E-state index in [0.29, 0.717) is 12.3 Å². The quantitative estimate of drug-likeness (QED) is 0.413. The van der Waals surface area contributed by atoms with Crippen molar-refractivity contribution < 1.29 is 19.4 Å². The molecule has 148 valence electrons. The molecule has 0 unspecified atom stereocenters. The van der Waals surface area contributed by atoms with Gasteiger partial charge in [0.25, 0.3) is 0 Å². The third kappa shape index (κ3) is 11.2. The molecule has 0 aliphatic heterocycles. The predicted octanol–water partition coefficient (Wildman–Crippen LogP) is 3.69. The molecular weight excluding hydrogens is 318 g/mol. The fourth-order valence-corrected chi connectivity index (χ4v) is 2.73. The van der Waals surface area contributed by atoms with Gasteiger partial charge < -0.3 is 15.2 Å². The molecule has 0 aromatic heterocycles. The van der Waals surface area contributed by atoms with Crippen LogP contribution in [0.3, 0.4) is 0 Å². The minimum atomic E-state index is -0.143. The summed E-state index contributed by atoms with van der Waals surface area (Å²) in [4.78, 5) is 23.7. The Kier molecular flexibility index (Phi) is 11.7. The van der Waals surface area contributed by atoms with Crippen LogP contribution < -0.4 is 5.32 Å². The molecule has 0 saturated carbocycles. The second-order valence-corrected chi connectivity index (χ2v) is 8.32. The smallest absolute Gasteiger partial charge is 0.308 e. The van der Waals surface area contributed by atoms with Crippen LogP contribution in [0.4, 0.5) is 0 Å². The van der Waals surface area contributed by atoms with E-state index in [1.54, 1.807) is 7.05 Å². The summed E-state index contributed by atoms with van der Waals surface area (Å²) in [6.07, 6.45) is 5.33. The molecule has 0 bridgehead atoms. The van der Waals surface area contributed by atoms with Gasteiger partial charge in [-0.1, -0.05) is 47.5 Å². The molecule has 0 spiro atoms. The van der Waals surface area contributed by atoms with Crippen LogP contribution >= 0.6 is 0 Å². The summed E-state index contributed by atoms with van der Waals surface area (Å²) in [5, 5.41) is 11.5. The molecule has 0 heterocycles. The Balaban J connectivity index is 4.50. The molecule has 1 amide bonds. The summed E-state index contributed by atoms with van der Waals surface area (Å²) >= 11 is 0. The van der Waals surface area contributed by atoms with Crippen LogP contribution in [0, 0.1) is 17.3 Å². The van der Waals surface area contributed by atoms with Crippen LogP contribution in [-0.2, 0) is 14.3 Å². The van der Waals surface area contributed by atoms with E-state index in [0.717, 1.165) is 38.5 Å². The van der Waals surface area contributed by atoms with Crippen LogP contribution in [0.1, 0.15) is 79.6 Å². The monoisotopic (exact) mass is 357 g/mol. The highest BCUT2D eigenvalue weighted by Gasteiger charge is 2.31. The van der Waals surface area contributed by atoms with Crippen molar-refractivity contribution in [1.82, 2.24) is 5.32 Å². The van der Waals surface area contributed by atoms with Crippen LogP contribution in [0.5, 0.6) is 0 Å². The Bertz CT molecular complexity index is 390. The van der Waals surface area contributed by atoms with Crippen molar-refractivity contribution in [3.8, 4) is 0 Å². The van der Waals surface area contributed by atoms with Gasteiger partial charge in [0.15, 0.2) is 0 Å². The Labute approximate surface area is 153 Å². The highest BCUT2D eigenvalue weighted by molar-refractivity contribution is 5.75. The lowest BCUT2D eigenvalue weighted by molar-refractivity contribution is -0.160. The van der Waals surface area contributed by atoms with Crippen molar-refractivity contribution in [3.63, 3.8) is 0 Å². The molecule has 0 aliphatic carbocycles. The molecule has 0 saturated heterocycles. The summed E-state index contributed by atoms with van der Waals surface area (Å²) < 4.78 is 5.85. The lowest BCUT2D eigenvalue weighted by atomic mass is 9.82. The Hall–Kier alpha value is -1.10. The molecule has 5 nitrogen and oxygen atoms in total. The second kappa shape index (κ2) is 12.3. The molecule has 2 N–H and O–H groups in total. The number of aliphatic hydroxyl groups is 1. The number of unbranched alkanes of at least 4 members (excludes halogenated alkanes) is 1. The van der Waals surface area contributed by atoms with Gasteiger partial charge in [0.2, 0.25) is 5.91 Å². The first kappa shape index (κ1) is 23.9. The molecule has 25 heavy (non-hydrogen) atoms. The number of esters is 1. The maximum atomic E-state index is 12.4. The highest BCUT2D eigenvalue weighted by atomic mass is 16.5. The molecule has 0 aromatic carbocycles. The van der Waals surface area contributed by atoms with Gasteiger partial charge in [-0.05, 0) is 37.0 Å². The number of hydrogen-bond donors (Lipinski definition) is 2. The number of carbonyl (C=O) groups is 2. The van der Waals surface area contributed by atoms with Gasteiger partial charge in [-0.15, -0.1) is 0 Å². The number of aliphatic hydroxyl groups excluding tert-OH is 1. The van der Waals surface area contributed by atoms with E-state index in [4.69, 9.17) is 9.84 Å². The van der Waals surface area contributed by atoms with E-state index in [1.165, 1.54) is 0 Å². The summed E-state index contributed by atoms with van der Waals surface area (Å²) in [7, 11) is 1.66. The second-order valence-electron chi connectivity index (χ2n) is 8.32. The van der Waals surface area contributed by atoms with Gasteiger partial charge in [0.1, 0.15) is 6.10 Å². The van der Waals surface area contributed by atoms with Gasteiger partial charge in [0.05, 0.1) is 5.92 Å². The van der Waals surface area contributed by atoms with E-state index >= 15 is 0 Å². The van der Waals surface area contributed by atoms with Crippen molar-refractivity contribution in [2.75, 3.05) is 13.7 Å². The van der Waals surface area contributed by atoms with Crippen molar-refractivity contribution in [3.05, 3.63) is 0 Å². The largest absolute Gasteiger partial charge is 0.462 e. The van der Waals surface area contributed by atoms with Crippen molar-refractivity contribution in [2.45, 2.75) is 85.7 Å². The number of amides is 1. The third-order valence-electron chi connectivity index (χ3n) is 4.67. The first-order valence-corrected chi connectivity index (χ1v) is 9.63. The fourth-order valence-electron chi connectivity index (χ4n) is 2.73. The lowest BCUT2D eigenvalue weighted by Gasteiger charge is -2.33. The minimum Gasteiger partial charge on any atom is -0.462 e. The zero-order valence-electron chi connectivity index (χ0n) is 17.1. The van der Waals surface area contributed by atoms with Gasteiger partial charge in [0, 0.05) is 20.1 Å². The van der Waals surface area contributed by atoms with E-state index in [1.807, 2.05) is 6.92 Å².